The molecule has 0 unspecified atom stereocenters. The normalized spacial score (nSPS) is 16.2. The van der Waals surface area contributed by atoms with Crippen molar-refractivity contribution in [2.45, 2.75) is 12.8 Å². The summed E-state index contributed by atoms with van der Waals surface area (Å²) in [7, 11) is 1.73. The van der Waals surface area contributed by atoms with Crippen LogP contribution in [0.5, 0.6) is 0 Å². The fraction of sp³-hybridized carbons (Fsp3) is 0.562. The van der Waals surface area contributed by atoms with E-state index in [1.54, 1.807) is 7.11 Å². The van der Waals surface area contributed by atoms with Gasteiger partial charge >= 0.3 is 0 Å². The van der Waals surface area contributed by atoms with Crippen LogP contribution in [0.2, 0.25) is 5.02 Å². The summed E-state index contributed by atoms with van der Waals surface area (Å²) >= 11 is 5.86. The van der Waals surface area contributed by atoms with Crippen LogP contribution in [-0.4, -0.2) is 62.1 Å². The predicted molar refractivity (Wildman–Crippen MR) is 84.7 cm³/mol. The number of benzene rings is 1. The Bertz CT molecular complexity index is 442. The Balaban J connectivity index is 1.74. The van der Waals surface area contributed by atoms with Crippen LogP contribution >= 0.6 is 11.6 Å². The highest BCUT2D eigenvalue weighted by atomic mass is 35.5. The Morgan fingerprint density at radius 2 is 1.86 bits per heavy atom. The van der Waals surface area contributed by atoms with Gasteiger partial charge < -0.3 is 9.64 Å². The van der Waals surface area contributed by atoms with Crippen LogP contribution in [0.15, 0.2) is 24.3 Å². The number of amides is 1. The highest BCUT2D eigenvalue weighted by Gasteiger charge is 2.20. The lowest BCUT2D eigenvalue weighted by molar-refractivity contribution is -0.132. The first-order chi connectivity index (χ1) is 10.2. The summed E-state index contributed by atoms with van der Waals surface area (Å²) in [6, 6.07) is 7.50. The minimum absolute atomic E-state index is 0.203. The summed E-state index contributed by atoms with van der Waals surface area (Å²) in [6.45, 7) is 5.40. The molecule has 1 aromatic rings. The lowest BCUT2D eigenvalue weighted by Gasteiger charge is -2.34. The van der Waals surface area contributed by atoms with Gasteiger partial charge in [-0.05, 0) is 24.1 Å². The lowest BCUT2D eigenvalue weighted by Crippen LogP contribution is -2.49. The van der Waals surface area contributed by atoms with Crippen LogP contribution < -0.4 is 0 Å². The van der Waals surface area contributed by atoms with E-state index < -0.39 is 0 Å². The van der Waals surface area contributed by atoms with Crippen molar-refractivity contribution >= 4 is 17.5 Å². The van der Waals surface area contributed by atoms with E-state index in [1.165, 1.54) is 0 Å². The molecule has 0 saturated carbocycles. The monoisotopic (exact) mass is 310 g/mol. The third kappa shape index (κ3) is 5.30. The number of rotatable bonds is 6. The van der Waals surface area contributed by atoms with Crippen molar-refractivity contribution in [3.8, 4) is 0 Å². The van der Waals surface area contributed by atoms with Crippen LogP contribution in [0.3, 0.4) is 0 Å². The number of carbonyl (C=O) groups is 1. The van der Waals surface area contributed by atoms with Crippen LogP contribution in [0.1, 0.15) is 12.0 Å². The second-order valence-corrected chi connectivity index (χ2v) is 5.81. The van der Waals surface area contributed by atoms with E-state index in [-0.39, 0.29) is 5.91 Å². The van der Waals surface area contributed by atoms with Crippen LogP contribution in [0.25, 0.3) is 0 Å². The highest BCUT2D eigenvalue weighted by molar-refractivity contribution is 6.30. The maximum absolute atomic E-state index is 12.3. The summed E-state index contributed by atoms with van der Waals surface area (Å²) in [4.78, 5) is 16.6. The first-order valence-electron chi connectivity index (χ1n) is 7.42. The molecule has 1 aliphatic rings. The molecule has 2 rings (SSSR count). The van der Waals surface area contributed by atoms with Crippen molar-refractivity contribution in [2.24, 2.45) is 0 Å². The maximum atomic E-state index is 12.3. The SMILES string of the molecule is COCCCN1CCN(C(=O)Cc2ccc(Cl)cc2)CC1. The molecule has 0 radical (unpaired) electrons. The minimum atomic E-state index is 0.203. The summed E-state index contributed by atoms with van der Waals surface area (Å²) < 4.78 is 5.07. The number of halogens is 1. The number of carbonyl (C=O) groups excluding carboxylic acids is 1. The topological polar surface area (TPSA) is 32.8 Å². The van der Waals surface area contributed by atoms with E-state index >= 15 is 0 Å². The molecular formula is C16H23ClN2O2. The molecule has 1 fully saturated rings. The number of hydrogen-bond donors (Lipinski definition) is 0. The molecule has 0 aliphatic carbocycles. The van der Waals surface area contributed by atoms with Crippen molar-refractivity contribution in [3.63, 3.8) is 0 Å². The van der Waals surface area contributed by atoms with Crippen LogP contribution in [-0.2, 0) is 16.0 Å². The van der Waals surface area contributed by atoms with Gasteiger partial charge in [0.2, 0.25) is 5.91 Å². The molecule has 116 valence electrons. The second-order valence-electron chi connectivity index (χ2n) is 5.37. The van der Waals surface area contributed by atoms with Crippen LogP contribution in [0, 0.1) is 0 Å². The third-order valence-corrected chi connectivity index (χ3v) is 4.07. The predicted octanol–water partition coefficient (Wildman–Crippen LogP) is 2.06. The number of piperazine rings is 1. The Labute approximate surface area is 131 Å². The van der Waals surface area contributed by atoms with Gasteiger partial charge in [0.25, 0.3) is 0 Å². The fourth-order valence-corrected chi connectivity index (χ4v) is 2.67. The van der Waals surface area contributed by atoms with Crippen molar-refractivity contribution in [3.05, 3.63) is 34.9 Å². The van der Waals surface area contributed by atoms with E-state index in [4.69, 9.17) is 16.3 Å². The molecule has 1 amide bonds. The smallest absolute Gasteiger partial charge is 0.227 e. The van der Waals surface area contributed by atoms with E-state index in [0.29, 0.717) is 11.4 Å². The summed E-state index contributed by atoms with van der Waals surface area (Å²) in [6.07, 6.45) is 1.51. The fourth-order valence-electron chi connectivity index (χ4n) is 2.54. The van der Waals surface area contributed by atoms with E-state index in [2.05, 4.69) is 4.90 Å². The summed E-state index contributed by atoms with van der Waals surface area (Å²) in [5, 5.41) is 0.705. The van der Waals surface area contributed by atoms with Crippen molar-refractivity contribution in [1.29, 1.82) is 0 Å². The molecule has 21 heavy (non-hydrogen) atoms. The second kappa shape index (κ2) is 8.37. The van der Waals surface area contributed by atoms with Crippen molar-refractivity contribution < 1.29 is 9.53 Å². The zero-order chi connectivity index (χ0) is 15.1. The van der Waals surface area contributed by atoms with E-state index in [9.17, 15) is 4.79 Å². The molecule has 0 atom stereocenters. The van der Waals surface area contributed by atoms with E-state index in [0.717, 1.165) is 51.3 Å². The highest BCUT2D eigenvalue weighted by Crippen LogP contribution is 2.12. The molecule has 0 bridgehead atoms. The summed E-state index contributed by atoms with van der Waals surface area (Å²) in [5.74, 6) is 0.203. The molecule has 0 spiro atoms. The molecule has 1 saturated heterocycles. The maximum Gasteiger partial charge on any atom is 0.227 e. The molecule has 1 heterocycles. The number of nitrogens with zero attached hydrogens (tertiary/aromatic N) is 2. The van der Waals surface area contributed by atoms with Gasteiger partial charge in [0.05, 0.1) is 6.42 Å². The zero-order valence-electron chi connectivity index (χ0n) is 12.6. The zero-order valence-corrected chi connectivity index (χ0v) is 13.3. The van der Waals surface area contributed by atoms with Gasteiger partial charge in [0.15, 0.2) is 0 Å². The molecule has 4 nitrogen and oxygen atoms in total. The lowest BCUT2D eigenvalue weighted by atomic mass is 10.1. The molecule has 1 aromatic carbocycles. The summed E-state index contributed by atoms with van der Waals surface area (Å²) in [5.41, 5.74) is 1.02. The first kappa shape index (κ1) is 16.3. The standard InChI is InChI=1S/C16H23ClN2O2/c1-21-12-2-7-18-8-10-19(11-9-18)16(20)13-14-3-5-15(17)6-4-14/h3-6H,2,7-13H2,1H3. The first-order valence-corrected chi connectivity index (χ1v) is 7.80. The third-order valence-electron chi connectivity index (χ3n) is 3.82. The van der Waals surface area contributed by atoms with Gasteiger partial charge in [0, 0.05) is 51.5 Å². The van der Waals surface area contributed by atoms with Gasteiger partial charge in [-0.15, -0.1) is 0 Å². The van der Waals surface area contributed by atoms with Gasteiger partial charge in [-0.3, -0.25) is 9.69 Å². The van der Waals surface area contributed by atoms with Gasteiger partial charge in [-0.2, -0.15) is 0 Å². The van der Waals surface area contributed by atoms with Crippen molar-refractivity contribution in [2.75, 3.05) is 46.4 Å². The Morgan fingerprint density at radius 1 is 1.19 bits per heavy atom. The number of hydrogen-bond acceptors (Lipinski definition) is 3. The van der Waals surface area contributed by atoms with E-state index in [1.807, 2.05) is 29.2 Å². The van der Waals surface area contributed by atoms with Gasteiger partial charge in [0.1, 0.15) is 0 Å². The number of ether oxygens (including phenoxy) is 1. The molecule has 1 aliphatic heterocycles. The Hall–Kier alpha value is -1.10. The Morgan fingerprint density at radius 3 is 2.48 bits per heavy atom. The van der Waals surface area contributed by atoms with Gasteiger partial charge in [-0.25, -0.2) is 0 Å². The molecular weight excluding hydrogens is 288 g/mol. The molecule has 0 N–H and O–H groups in total. The Kier molecular flexibility index (Phi) is 6.49. The van der Waals surface area contributed by atoms with Crippen LogP contribution in [0.4, 0.5) is 0 Å². The largest absolute Gasteiger partial charge is 0.385 e. The average Bonchev–Trinajstić information content (AvgIpc) is 2.50. The van der Waals surface area contributed by atoms with Crippen molar-refractivity contribution in [1.82, 2.24) is 9.80 Å². The number of methoxy groups -OCH3 is 1. The average molecular weight is 311 g/mol. The molecule has 5 heteroatoms. The molecule has 0 aromatic heterocycles. The quantitative estimate of drug-likeness (QED) is 0.754. The van der Waals surface area contributed by atoms with Gasteiger partial charge in [-0.1, -0.05) is 23.7 Å². The minimum Gasteiger partial charge on any atom is -0.385 e.